The average Bonchev–Trinajstić information content (AvgIpc) is 2.70. The van der Waals surface area contributed by atoms with Crippen LogP contribution in [0.5, 0.6) is 0 Å². The Balaban J connectivity index is 1.53. The Morgan fingerprint density at radius 3 is 2.47 bits per heavy atom. The van der Waals surface area contributed by atoms with Crippen molar-refractivity contribution in [2.75, 3.05) is 25.0 Å². The van der Waals surface area contributed by atoms with E-state index in [9.17, 15) is 23.3 Å². The Kier molecular flexibility index (Phi) is 6.80. The number of likely N-dealkylation sites (tertiary alicyclic amines) is 1. The second kappa shape index (κ2) is 9.33. The van der Waals surface area contributed by atoms with Gasteiger partial charge in [-0.25, -0.2) is 13.1 Å². The van der Waals surface area contributed by atoms with Gasteiger partial charge < -0.3 is 5.32 Å². The molecule has 1 aliphatic rings. The van der Waals surface area contributed by atoms with Gasteiger partial charge in [-0.15, -0.1) is 0 Å². The zero-order valence-corrected chi connectivity index (χ0v) is 17.4. The molecule has 0 radical (unpaired) electrons. The molecule has 1 heterocycles. The number of nitro groups is 1. The molecule has 30 heavy (non-hydrogen) atoms. The number of aryl methyl sites for hydroxylation is 1. The molecular formula is C20H24N4O5S. The smallest absolute Gasteiger partial charge is 0.273 e. The first-order valence-corrected chi connectivity index (χ1v) is 11.1. The van der Waals surface area contributed by atoms with E-state index in [1.165, 1.54) is 12.1 Å². The normalized spacial score (nSPS) is 15.6. The molecule has 2 N–H and O–H groups in total. The minimum Gasteiger partial charge on any atom is -0.325 e. The van der Waals surface area contributed by atoms with Crippen LogP contribution in [0.25, 0.3) is 0 Å². The van der Waals surface area contributed by atoms with Crippen molar-refractivity contribution in [1.29, 1.82) is 0 Å². The number of benzene rings is 2. The van der Waals surface area contributed by atoms with E-state index in [1.54, 1.807) is 6.92 Å². The minimum absolute atomic E-state index is 0.118. The Bertz CT molecular complexity index is 1020. The monoisotopic (exact) mass is 432 g/mol. The van der Waals surface area contributed by atoms with Crippen molar-refractivity contribution in [2.24, 2.45) is 0 Å². The highest BCUT2D eigenvalue weighted by molar-refractivity contribution is 7.89. The van der Waals surface area contributed by atoms with E-state index >= 15 is 0 Å². The summed E-state index contributed by atoms with van der Waals surface area (Å²) in [7, 11) is -3.87. The summed E-state index contributed by atoms with van der Waals surface area (Å²) < 4.78 is 27.9. The molecule has 160 valence electrons. The molecule has 0 aliphatic carbocycles. The zero-order chi connectivity index (χ0) is 21.7. The van der Waals surface area contributed by atoms with Crippen LogP contribution in [0.2, 0.25) is 0 Å². The molecule has 1 fully saturated rings. The summed E-state index contributed by atoms with van der Waals surface area (Å²) in [5.74, 6) is -0.118. The molecule has 2 aromatic carbocycles. The molecule has 0 saturated carbocycles. The van der Waals surface area contributed by atoms with Crippen LogP contribution in [-0.2, 0) is 14.8 Å². The van der Waals surface area contributed by atoms with Gasteiger partial charge in [0.05, 0.1) is 16.4 Å². The van der Waals surface area contributed by atoms with Crippen molar-refractivity contribution in [2.45, 2.75) is 30.7 Å². The highest BCUT2D eigenvalue weighted by Gasteiger charge is 2.27. The Morgan fingerprint density at radius 2 is 1.83 bits per heavy atom. The fraction of sp³-hybridized carbons (Fsp3) is 0.350. The predicted octanol–water partition coefficient (Wildman–Crippen LogP) is 2.28. The minimum atomic E-state index is -3.87. The van der Waals surface area contributed by atoms with Crippen LogP contribution in [0, 0.1) is 17.0 Å². The third kappa shape index (κ3) is 5.62. The van der Waals surface area contributed by atoms with E-state index < -0.39 is 14.9 Å². The maximum absolute atomic E-state index is 12.6. The molecule has 1 saturated heterocycles. The van der Waals surface area contributed by atoms with E-state index in [4.69, 9.17) is 0 Å². The van der Waals surface area contributed by atoms with Crippen LogP contribution in [0.1, 0.15) is 18.4 Å². The molecule has 0 spiro atoms. The number of carbonyl (C=O) groups is 1. The highest BCUT2D eigenvalue weighted by atomic mass is 32.2. The maximum atomic E-state index is 12.6. The molecule has 9 nitrogen and oxygen atoms in total. The van der Waals surface area contributed by atoms with E-state index in [-0.39, 0.29) is 29.1 Å². The van der Waals surface area contributed by atoms with Gasteiger partial charge in [-0.1, -0.05) is 24.3 Å². The van der Waals surface area contributed by atoms with E-state index in [2.05, 4.69) is 10.0 Å². The lowest BCUT2D eigenvalue weighted by Gasteiger charge is -2.31. The number of hydrogen-bond donors (Lipinski definition) is 2. The summed E-state index contributed by atoms with van der Waals surface area (Å²) >= 11 is 0. The summed E-state index contributed by atoms with van der Waals surface area (Å²) in [6.07, 6.45) is 1.09. The number of para-hydroxylation sites is 1. The van der Waals surface area contributed by atoms with Gasteiger partial charge in [0.15, 0.2) is 0 Å². The lowest BCUT2D eigenvalue weighted by atomic mass is 10.1. The highest BCUT2D eigenvalue weighted by Crippen LogP contribution is 2.23. The van der Waals surface area contributed by atoms with Crippen molar-refractivity contribution in [1.82, 2.24) is 9.62 Å². The van der Waals surface area contributed by atoms with Crippen molar-refractivity contribution >= 4 is 27.3 Å². The first-order valence-electron chi connectivity index (χ1n) is 9.59. The SMILES string of the molecule is Cc1ccc(S(=O)(=O)NC2CCN(CC(=O)Nc3ccccc3)CC2)cc1[N+](=O)[O-]. The summed E-state index contributed by atoms with van der Waals surface area (Å²) in [6.45, 7) is 2.94. The van der Waals surface area contributed by atoms with Gasteiger partial charge in [-0.05, 0) is 38.0 Å². The molecule has 3 rings (SSSR count). The van der Waals surface area contributed by atoms with E-state index in [0.717, 1.165) is 11.8 Å². The number of nitrogens with one attached hydrogen (secondary N) is 2. The van der Waals surface area contributed by atoms with Gasteiger partial charge >= 0.3 is 0 Å². The molecule has 1 aliphatic heterocycles. The van der Waals surface area contributed by atoms with Gasteiger partial charge in [-0.2, -0.15) is 0 Å². The Labute approximate surface area is 175 Å². The second-order valence-corrected chi connectivity index (χ2v) is 9.01. The molecule has 10 heteroatoms. The van der Waals surface area contributed by atoms with Crippen LogP contribution in [0.4, 0.5) is 11.4 Å². The second-order valence-electron chi connectivity index (χ2n) is 7.29. The number of piperidine rings is 1. The third-order valence-electron chi connectivity index (χ3n) is 5.02. The van der Waals surface area contributed by atoms with Crippen LogP contribution < -0.4 is 10.0 Å². The van der Waals surface area contributed by atoms with Crippen LogP contribution in [-0.4, -0.2) is 49.8 Å². The summed E-state index contributed by atoms with van der Waals surface area (Å²) in [5, 5.41) is 13.9. The number of anilines is 1. The van der Waals surface area contributed by atoms with Gasteiger partial charge in [0.25, 0.3) is 5.69 Å². The van der Waals surface area contributed by atoms with E-state index in [0.29, 0.717) is 31.5 Å². The van der Waals surface area contributed by atoms with Crippen LogP contribution in [0.3, 0.4) is 0 Å². The van der Waals surface area contributed by atoms with Gasteiger partial charge in [0.1, 0.15) is 0 Å². The fourth-order valence-corrected chi connectivity index (χ4v) is 4.70. The number of sulfonamides is 1. The summed E-state index contributed by atoms with van der Waals surface area (Å²) in [5.41, 5.74) is 0.912. The lowest BCUT2D eigenvalue weighted by Crippen LogP contribution is -2.46. The van der Waals surface area contributed by atoms with Crippen LogP contribution in [0.15, 0.2) is 53.4 Å². The fourth-order valence-electron chi connectivity index (χ4n) is 3.37. The standard InChI is InChI=1S/C20H24N4O5S/c1-15-7-8-18(13-19(15)24(26)27)30(28,29)22-17-9-11-23(12-10-17)14-20(25)21-16-5-3-2-4-6-16/h2-8,13,17,22H,9-12,14H2,1H3,(H,21,25). The first kappa shape index (κ1) is 21.9. The maximum Gasteiger partial charge on any atom is 0.273 e. The van der Waals surface area contributed by atoms with Crippen LogP contribution >= 0.6 is 0 Å². The molecule has 0 atom stereocenters. The van der Waals surface area contributed by atoms with E-state index in [1.807, 2.05) is 35.2 Å². The third-order valence-corrected chi connectivity index (χ3v) is 6.54. The molecule has 0 aromatic heterocycles. The molecule has 0 bridgehead atoms. The number of rotatable bonds is 7. The largest absolute Gasteiger partial charge is 0.325 e. The lowest BCUT2D eigenvalue weighted by molar-refractivity contribution is -0.385. The quantitative estimate of drug-likeness (QED) is 0.511. The van der Waals surface area contributed by atoms with Gasteiger partial charge in [-0.3, -0.25) is 19.8 Å². The number of nitro benzene ring substituents is 1. The van der Waals surface area contributed by atoms with Crippen molar-refractivity contribution in [3.63, 3.8) is 0 Å². The Morgan fingerprint density at radius 1 is 1.17 bits per heavy atom. The topological polar surface area (TPSA) is 122 Å². The van der Waals surface area contributed by atoms with Gasteiger partial charge in [0, 0.05) is 36.4 Å². The van der Waals surface area contributed by atoms with Crippen molar-refractivity contribution < 1.29 is 18.1 Å². The van der Waals surface area contributed by atoms with Crippen molar-refractivity contribution in [3.05, 3.63) is 64.2 Å². The number of nitrogens with zero attached hydrogens (tertiary/aromatic N) is 2. The summed E-state index contributed by atoms with van der Waals surface area (Å²) in [4.78, 5) is 24.5. The average molecular weight is 433 g/mol. The molecule has 1 amide bonds. The molecule has 2 aromatic rings. The predicted molar refractivity (Wildman–Crippen MR) is 113 cm³/mol. The van der Waals surface area contributed by atoms with Gasteiger partial charge in [0.2, 0.25) is 15.9 Å². The first-order chi connectivity index (χ1) is 14.2. The number of hydrogen-bond acceptors (Lipinski definition) is 6. The Hall–Kier alpha value is -2.82. The zero-order valence-electron chi connectivity index (χ0n) is 16.6. The summed E-state index contributed by atoms with van der Waals surface area (Å²) in [6, 6.07) is 12.8. The number of amides is 1. The molecular weight excluding hydrogens is 408 g/mol. The van der Waals surface area contributed by atoms with Crippen molar-refractivity contribution in [3.8, 4) is 0 Å². The molecule has 0 unspecified atom stereocenters. The number of carbonyl (C=O) groups excluding carboxylic acids is 1.